The zero-order valence-corrected chi connectivity index (χ0v) is 18.9. The van der Waals surface area contributed by atoms with Crippen molar-refractivity contribution in [3.8, 4) is 0 Å². The van der Waals surface area contributed by atoms with Crippen LogP contribution < -0.4 is 15.5 Å². The molecule has 2 amide bonds. The number of rotatable bonds is 6. The van der Waals surface area contributed by atoms with E-state index in [9.17, 15) is 4.79 Å². The van der Waals surface area contributed by atoms with Gasteiger partial charge in [-0.05, 0) is 55.1 Å². The molecule has 1 saturated heterocycles. The first-order valence-electron chi connectivity index (χ1n) is 10.8. The number of nitrogens with one attached hydrogen (secondary N) is 2. The highest BCUT2D eigenvalue weighted by molar-refractivity contribution is 7.10. The lowest BCUT2D eigenvalue weighted by Crippen LogP contribution is -2.52. The fraction of sp³-hybridized carbons (Fsp3) is 0.320. The van der Waals surface area contributed by atoms with Crippen molar-refractivity contribution in [2.75, 3.05) is 36.4 Å². The van der Waals surface area contributed by atoms with Crippen LogP contribution in [0.3, 0.4) is 0 Å². The molecule has 0 unspecified atom stereocenters. The molecule has 2 atom stereocenters. The van der Waals surface area contributed by atoms with Crippen molar-refractivity contribution in [2.45, 2.75) is 25.9 Å². The van der Waals surface area contributed by atoms with Crippen LogP contribution in [-0.2, 0) is 0 Å². The van der Waals surface area contributed by atoms with Gasteiger partial charge < -0.3 is 15.5 Å². The molecule has 0 radical (unpaired) electrons. The molecule has 162 valence electrons. The van der Waals surface area contributed by atoms with Crippen LogP contribution in [0.15, 0.2) is 72.1 Å². The number of amides is 2. The van der Waals surface area contributed by atoms with Crippen LogP contribution in [0.25, 0.3) is 0 Å². The van der Waals surface area contributed by atoms with Crippen LogP contribution >= 0.6 is 11.3 Å². The minimum atomic E-state index is -0.164. The van der Waals surface area contributed by atoms with Gasteiger partial charge in [-0.25, -0.2) is 4.79 Å². The lowest BCUT2D eigenvalue weighted by Gasteiger charge is -2.42. The molecule has 4 rings (SSSR count). The maximum atomic E-state index is 12.7. The zero-order valence-electron chi connectivity index (χ0n) is 18.1. The number of hydrogen-bond donors (Lipinski definition) is 2. The fourth-order valence-electron chi connectivity index (χ4n) is 4.27. The first-order valence-corrected chi connectivity index (χ1v) is 11.7. The summed E-state index contributed by atoms with van der Waals surface area (Å²) < 4.78 is 0. The van der Waals surface area contributed by atoms with E-state index in [4.69, 9.17) is 0 Å². The van der Waals surface area contributed by atoms with Crippen molar-refractivity contribution in [1.29, 1.82) is 0 Å². The maximum Gasteiger partial charge on any atom is 0.319 e. The topological polar surface area (TPSA) is 47.6 Å². The van der Waals surface area contributed by atoms with Gasteiger partial charge in [-0.2, -0.15) is 0 Å². The van der Waals surface area contributed by atoms with E-state index < -0.39 is 0 Å². The van der Waals surface area contributed by atoms with Crippen LogP contribution in [0.1, 0.15) is 23.4 Å². The van der Waals surface area contributed by atoms with Crippen LogP contribution in [0.5, 0.6) is 0 Å². The average Bonchev–Trinajstić information content (AvgIpc) is 3.29. The smallest absolute Gasteiger partial charge is 0.319 e. The Kier molecular flexibility index (Phi) is 6.89. The van der Waals surface area contributed by atoms with E-state index in [-0.39, 0.29) is 18.1 Å². The largest absolute Gasteiger partial charge is 0.369 e. The standard InChI is InChI=1S/C25H30N4OS/c1-19-8-6-9-21(18-19)27-25(30)26-20(2)24(23-12-7-17-31-23)29-15-13-28(14-16-29)22-10-4-3-5-11-22/h3-12,17-18,20,24H,13-16H2,1-2H3,(H2,26,27,30)/t20-,24+/m1/s1. The summed E-state index contributed by atoms with van der Waals surface area (Å²) in [6, 6.07) is 22.7. The van der Waals surface area contributed by atoms with E-state index >= 15 is 0 Å². The van der Waals surface area contributed by atoms with Crippen molar-refractivity contribution < 1.29 is 4.79 Å². The summed E-state index contributed by atoms with van der Waals surface area (Å²) in [6.07, 6.45) is 0. The molecule has 6 heteroatoms. The van der Waals surface area contributed by atoms with Crippen LogP contribution in [-0.4, -0.2) is 43.2 Å². The number of thiophene rings is 1. The average molecular weight is 435 g/mol. The van der Waals surface area contributed by atoms with E-state index in [0.29, 0.717) is 0 Å². The highest BCUT2D eigenvalue weighted by Crippen LogP contribution is 2.30. The van der Waals surface area contributed by atoms with E-state index in [2.05, 4.69) is 75.2 Å². The summed E-state index contributed by atoms with van der Waals surface area (Å²) in [5.41, 5.74) is 3.21. The van der Waals surface area contributed by atoms with Crippen molar-refractivity contribution in [3.05, 3.63) is 82.6 Å². The summed E-state index contributed by atoms with van der Waals surface area (Å²) in [5, 5.41) is 8.26. The van der Waals surface area contributed by atoms with Crippen LogP contribution in [0, 0.1) is 6.92 Å². The second-order valence-electron chi connectivity index (χ2n) is 8.08. The van der Waals surface area contributed by atoms with Gasteiger partial charge in [0.15, 0.2) is 0 Å². The molecule has 31 heavy (non-hydrogen) atoms. The minimum Gasteiger partial charge on any atom is -0.369 e. The Morgan fingerprint density at radius 2 is 1.74 bits per heavy atom. The summed E-state index contributed by atoms with van der Waals surface area (Å²) in [6.45, 7) is 8.01. The van der Waals surface area contributed by atoms with Crippen LogP contribution in [0.4, 0.5) is 16.2 Å². The zero-order chi connectivity index (χ0) is 21.6. The Balaban J connectivity index is 1.41. The number of nitrogens with zero attached hydrogens (tertiary/aromatic N) is 2. The molecule has 1 aliphatic rings. The predicted molar refractivity (Wildman–Crippen MR) is 130 cm³/mol. The number of para-hydroxylation sites is 1. The molecular weight excluding hydrogens is 404 g/mol. The molecule has 1 fully saturated rings. The van der Waals surface area contributed by atoms with Gasteiger partial charge in [0, 0.05) is 48.5 Å². The lowest BCUT2D eigenvalue weighted by molar-refractivity contribution is 0.157. The number of carbonyl (C=O) groups excluding carboxylic acids is 1. The number of carbonyl (C=O) groups is 1. The maximum absolute atomic E-state index is 12.7. The molecule has 0 aliphatic carbocycles. The number of aryl methyl sites for hydroxylation is 1. The Morgan fingerprint density at radius 1 is 0.968 bits per heavy atom. The molecule has 3 aromatic rings. The van der Waals surface area contributed by atoms with Crippen molar-refractivity contribution in [1.82, 2.24) is 10.2 Å². The number of hydrogen-bond acceptors (Lipinski definition) is 4. The lowest BCUT2D eigenvalue weighted by atomic mass is 10.0. The quantitative estimate of drug-likeness (QED) is 0.565. The van der Waals surface area contributed by atoms with Crippen molar-refractivity contribution in [3.63, 3.8) is 0 Å². The van der Waals surface area contributed by atoms with Gasteiger partial charge in [-0.3, -0.25) is 4.90 Å². The van der Waals surface area contributed by atoms with Gasteiger partial charge in [0.1, 0.15) is 0 Å². The molecule has 2 heterocycles. The number of anilines is 2. The third-order valence-electron chi connectivity index (χ3n) is 5.77. The number of urea groups is 1. The van der Waals surface area contributed by atoms with Gasteiger partial charge in [0.05, 0.1) is 6.04 Å². The first-order chi connectivity index (χ1) is 15.1. The summed E-state index contributed by atoms with van der Waals surface area (Å²) in [5.74, 6) is 0. The molecule has 0 bridgehead atoms. The monoisotopic (exact) mass is 434 g/mol. The molecular formula is C25H30N4OS. The normalized spacial score (nSPS) is 16.5. The molecule has 2 N–H and O–H groups in total. The Bertz CT molecular complexity index is 968. The van der Waals surface area contributed by atoms with Gasteiger partial charge in [0.2, 0.25) is 0 Å². The van der Waals surface area contributed by atoms with Gasteiger partial charge in [-0.15, -0.1) is 11.3 Å². The second-order valence-corrected chi connectivity index (χ2v) is 9.05. The van der Waals surface area contributed by atoms with E-state index in [1.807, 2.05) is 31.2 Å². The van der Waals surface area contributed by atoms with E-state index in [1.54, 1.807) is 11.3 Å². The van der Waals surface area contributed by atoms with Crippen molar-refractivity contribution in [2.24, 2.45) is 0 Å². The molecule has 1 aliphatic heterocycles. The molecule has 2 aromatic carbocycles. The summed E-state index contributed by atoms with van der Waals surface area (Å²) >= 11 is 1.76. The third kappa shape index (κ3) is 5.46. The third-order valence-corrected chi connectivity index (χ3v) is 6.71. The Morgan fingerprint density at radius 3 is 2.42 bits per heavy atom. The molecule has 1 aromatic heterocycles. The highest BCUT2D eigenvalue weighted by atomic mass is 32.1. The summed E-state index contributed by atoms with van der Waals surface area (Å²) in [7, 11) is 0. The second kappa shape index (κ2) is 9.98. The first kappa shape index (κ1) is 21.4. The number of benzene rings is 2. The predicted octanol–water partition coefficient (Wildman–Crippen LogP) is 5.13. The molecule has 5 nitrogen and oxygen atoms in total. The van der Waals surface area contributed by atoms with E-state index in [1.165, 1.54) is 10.6 Å². The van der Waals surface area contributed by atoms with Gasteiger partial charge in [-0.1, -0.05) is 36.4 Å². The molecule has 0 saturated carbocycles. The highest BCUT2D eigenvalue weighted by Gasteiger charge is 2.31. The Hall–Kier alpha value is -2.83. The van der Waals surface area contributed by atoms with Gasteiger partial charge >= 0.3 is 6.03 Å². The molecule has 0 spiro atoms. The summed E-state index contributed by atoms with van der Waals surface area (Å²) in [4.78, 5) is 18.9. The minimum absolute atomic E-state index is 0.0215. The van der Waals surface area contributed by atoms with E-state index in [0.717, 1.165) is 37.4 Å². The SMILES string of the molecule is Cc1cccc(NC(=O)N[C@H](C)[C@@H](c2cccs2)N2CCN(c3ccccc3)CC2)c1. The fourth-order valence-corrected chi connectivity index (χ4v) is 5.24. The van der Waals surface area contributed by atoms with Gasteiger partial charge in [0.25, 0.3) is 0 Å². The van der Waals surface area contributed by atoms with Crippen molar-refractivity contribution >= 4 is 28.7 Å². The van der Waals surface area contributed by atoms with Crippen LogP contribution in [0.2, 0.25) is 0 Å². The number of piperazine rings is 1. The Labute approximate surface area is 188 Å².